The van der Waals surface area contributed by atoms with Crippen molar-refractivity contribution >= 4 is 5.78 Å². The van der Waals surface area contributed by atoms with Crippen LogP contribution in [0.5, 0.6) is 0 Å². The van der Waals surface area contributed by atoms with Crippen LogP contribution in [-0.2, 0) is 4.79 Å². The topological polar surface area (TPSA) is 29.1 Å². The Labute approximate surface area is 88.5 Å². The fraction of sp³-hybridized carbons (Fsp3) is 0.917. The molecule has 0 aliphatic rings. The summed E-state index contributed by atoms with van der Waals surface area (Å²) in [6.07, 6.45) is 1.84. The largest absolute Gasteiger partial charge is 0.311 e. The third-order valence-corrected chi connectivity index (χ3v) is 2.61. The van der Waals surface area contributed by atoms with E-state index in [0.717, 1.165) is 12.8 Å². The Morgan fingerprint density at radius 3 is 2.14 bits per heavy atom. The number of nitrogens with one attached hydrogen (secondary N) is 1. The van der Waals surface area contributed by atoms with Gasteiger partial charge < -0.3 is 5.32 Å². The SMILES string of the molecule is CCC(C)C(=O)[C@H](CC(C)(C)C)NC. The molecule has 0 aromatic rings. The fourth-order valence-corrected chi connectivity index (χ4v) is 1.50. The van der Waals surface area contributed by atoms with Crippen LogP contribution in [0.4, 0.5) is 0 Å². The van der Waals surface area contributed by atoms with E-state index in [-0.39, 0.29) is 17.4 Å². The van der Waals surface area contributed by atoms with Crippen molar-refractivity contribution in [2.75, 3.05) is 7.05 Å². The Kier molecular flexibility index (Phi) is 5.35. The van der Waals surface area contributed by atoms with Gasteiger partial charge in [-0.15, -0.1) is 0 Å². The van der Waals surface area contributed by atoms with Crippen LogP contribution in [0.1, 0.15) is 47.5 Å². The van der Waals surface area contributed by atoms with Gasteiger partial charge in [0, 0.05) is 5.92 Å². The molecule has 2 atom stereocenters. The molecule has 0 rings (SSSR count). The Balaban J connectivity index is 4.34. The van der Waals surface area contributed by atoms with Crippen molar-refractivity contribution in [1.82, 2.24) is 5.32 Å². The zero-order valence-electron chi connectivity index (χ0n) is 10.5. The first-order valence-corrected chi connectivity index (χ1v) is 5.52. The summed E-state index contributed by atoms with van der Waals surface area (Å²) in [4.78, 5) is 11.9. The average Bonchev–Trinajstić information content (AvgIpc) is 2.10. The van der Waals surface area contributed by atoms with E-state index in [1.807, 2.05) is 14.0 Å². The highest BCUT2D eigenvalue weighted by Gasteiger charge is 2.25. The van der Waals surface area contributed by atoms with Crippen LogP contribution < -0.4 is 5.32 Å². The van der Waals surface area contributed by atoms with Crippen molar-refractivity contribution in [3.8, 4) is 0 Å². The minimum atomic E-state index is 0.0185. The second kappa shape index (κ2) is 5.50. The van der Waals surface area contributed by atoms with Crippen LogP contribution in [-0.4, -0.2) is 18.9 Å². The third kappa shape index (κ3) is 4.75. The van der Waals surface area contributed by atoms with E-state index in [2.05, 4.69) is 33.0 Å². The van der Waals surface area contributed by atoms with Gasteiger partial charge in [-0.1, -0.05) is 34.6 Å². The van der Waals surface area contributed by atoms with Crippen LogP contribution in [0, 0.1) is 11.3 Å². The van der Waals surface area contributed by atoms with Crippen molar-refractivity contribution in [2.45, 2.75) is 53.5 Å². The fourth-order valence-electron chi connectivity index (χ4n) is 1.50. The number of hydrogen-bond donors (Lipinski definition) is 1. The molecule has 0 aromatic carbocycles. The molecule has 0 fully saturated rings. The number of likely N-dealkylation sites (N-methyl/N-ethyl adjacent to an activating group) is 1. The monoisotopic (exact) mass is 199 g/mol. The van der Waals surface area contributed by atoms with Crippen LogP contribution in [0.25, 0.3) is 0 Å². The van der Waals surface area contributed by atoms with Crippen LogP contribution >= 0.6 is 0 Å². The molecular weight excluding hydrogens is 174 g/mol. The molecule has 0 aliphatic heterocycles. The first kappa shape index (κ1) is 13.6. The molecule has 0 heterocycles. The highest BCUT2D eigenvalue weighted by atomic mass is 16.1. The second-order valence-corrected chi connectivity index (χ2v) is 5.32. The molecule has 0 saturated heterocycles. The summed E-state index contributed by atoms with van der Waals surface area (Å²) in [6, 6.07) is 0.0185. The molecule has 84 valence electrons. The third-order valence-electron chi connectivity index (χ3n) is 2.61. The molecule has 0 saturated carbocycles. The summed E-state index contributed by atoms with van der Waals surface area (Å²) in [5, 5.41) is 3.12. The van der Waals surface area contributed by atoms with Gasteiger partial charge in [-0.3, -0.25) is 4.79 Å². The van der Waals surface area contributed by atoms with Gasteiger partial charge in [0.15, 0.2) is 5.78 Å². The molecular formula is C12H25NO. The van der Waals surface area contributed by atoms with Gasteiger partial charge in [0.2, 0.25) is 0 Å². The van der Waals surface area contributed by atoms with E-state index in [1.165, 1.54) is 0 Å². The van der Waals surface area contributed by atoms with Crippen LogP contribution in [0.2, 0.25) is 0 Å². The van der Waals surface area contributed by atoms with Crippen molar-refractivity contribution in [2.24, 2.45) is 11.3 Å². The van der Waals surface area contributed by atoms with E-state index in [0.29, 0.717) is 5.78 Å². The van der Waals surface area contributed by atoms with Gasteiger partial charge in [0.1, 0.15) is 0 Å². The smallest absolute Gasteiger partial charge is 0.152 e. The van der Waals surface area contributed by atoms with E-state index >= 15 is 0 Å². The number of rotatable bonds is 5. The van der Waals surface area contributed by atoms with Crippen molar-refractivity contribution in [3.05, 3.63) is 0 Å². The van der Waals surface area contributed by atoms with Crippen LogP contribution in [0.15, 0.2) is 0 Å². The molecule has 0 amide bonds. The summed E-state index contributed by atoms with van der Waals surface area (Å²) in [6.45, 7) is 10.6. The highest BCUT2D eigenvalue weighted by molar-refractivity contribution is 5.85. The van der Waals surface area contributed by atoms with Crippen molar-refractivity contribution in [1.29, 1.82) is 0 Å². The molecule has 0 radical (unpaired) electrons. The van der Waals surface area contributed by atoms with Gasteiger partial charge in [-0.2, -0.15) is 0 Å². The molecule has 0 spiro atoms. The number of carbonyl (C=O) groups is 1. The van der Waals surface area contributed by atoms with Crippen LogP contribution in [0.3, 0.4) is 0 Å². The maximum Gasteiger partial charge on any atom is 0.152 e. The van der Waals surface area contributed by atoms with Gasteiger partial charge in [-0.05, 0) is 25.3 Å². The van der Waals surface area contributed by atoms with E-state index < -0.39 is 0 Å². The average molecular weight is 199 g/mol. The molecule has 14 heavy (non-hydrogen) atoms. The van der Waals surface area contributed by atoms with Gasteiger partial charge in [-0.25, -0.2) is 0 Å². The number of carbonyl (C=O) groups excluding carboxylic acids is 1. The Hall–Kier alpha value is -0.370. The quantitative estimate of drug-likeness (QED) is 0.737. The summed E-state index contributed by atoms with van der Waals surface area (Å²) in [7, 11) is 1.87. The van der Waals surface area contributed by atoms with E-state index in [4.69, 9.17) is 0 Å². The van der Waals surface area contributed by atoms with Crippen molar-refractivity contribution < 1.29 is 4.79 Å². The molecule has 0 bridgehead atoms. The first-order chi connectivity index (χ1) is 6.31. The Morgan fingerprint density at radius 2 is 1.86 bits per heavy atom. The zero-order chi connectivity index (χ0) is 11.4. The lowest BCUT2D eigenvalue weighted by Gasteiger charge is -2.26. The summed E-state index contributed by atoms with van der Waals surface area (Å²) in [5.41, 5.74) is 0.205. The number of ketones is 1. The van der Waals surface area contributed by atoms with E-state index in [1.54, 1.807) is 0 Å². The Morgan fingerprint density at radius 1 is 1.36 bits per heavy atom. The molecule has 0 aromatic heterocycles. The van der Waals surface area contributed by atoms with Crippen molar-refractivity contribution in [3.63, 3.8) is 0 Å². The van der Waals surface area contributed by atoms with E-state index in [9.17, 15) is 4.79 Å². The minimum absolute atomic E-state index is 0.0185. The second-order valence-electron chi connectivity index (χ2n) is 5.32. The van der Waals surface area contributed by atoms with Gasteiger partial charge in [0.25, 0.3) is 0 Å². The van der Waals surface area contributed by atoms with Gasteiger partial charge >= 0.3 is 0 Å². The minimum Gasteiger partial charge on any atom is -0.311 e. The lowest BCUT2D eigenvalue weighted by Crippen LogP contribution is -2.40. The molecule has 2 heteroatoms. The molecule has 0 aliphatic carbocycles. The first-order valence-electron chi connectivity index (χ1n) is 5.52. The molecule has 1 N–H and O–H groups in total. The maximum atomic E-state index is 11.9. The standard InChI is InChI=1S/C12H25NO/c1-7-9(2)11(14)10(13-6)8-12(3,4)5/h9-10,13H,7-8H2,1-6H3/t9?,10-/m0/s1. The predicted octanol–water partition coefficient (Wildman–Crippen LogP) is 2.63. The lowest BCUT2D eigenvalue weighted by molar-refractivity contribution is -0.125. The number of hydrogen-bond acceptors (Lipinski definition) is 2. The summed E-state index contributed by atoms with van der Waals surface area (Å²) >= 11 is 0. The maximum absolute atomic E-state index is 11.9. The molecule has 1 unspecified atom stereocenters. The number of Topliss-reactive ketones (excluding diaryl/α,β-unsaturated/α-hetero) is 1. The molecule has 2 nitrogen and oxygen atoms in total. The normalized spacial score (nSPS) is 16.4. The van der Waals surface area contributed by atoms with Gasteiger partial charge in [0.05, 0.1) is 6.04 Å². The summed E-state index contributed by atoms with van der Waals surface area (Å²) in [5.74, 6) is 0.528. The highest BCUT2D eigenvalue weighted by Crippen LogP contribution is 2.22. The lowest BCUT2D eigenvalue weighted by atomic mass is 9.84. The Bertz CT molecular complexity index is 181. The zero-order valence-corrected chi connectivity index (χ0v) is 10.5. The summed E-state index contributed by atoms with van der Waals surface area (Å²) < 4.78 is 0. The predicted molar refractivity (Wildman–Crippen MR) is 61.4 cm³/mol.